The highest BCUT2D eigenvalue weighted by molar-refractivity contribution is 5.95. The molecule has 1 aliphatic rings. The monoisotopic (exact) mass is 353 g/mol. The Morgan fingerprint density at radius 3 is 2.46 bits per heavy atom. The number of anilines is 1. The summed E-state index contributed by atoms with van der Waals surface area (Å²) in [6.07, 6.45) is 6.65. The minimum absolute atomic E-state index is 0.0770. The number of rotatable bonds is 5. The van der Waals surface area contributed by atoms with Gasteiger partial charge in [0.1, 0.15) is 11.6 Å². The number of pyridine rings is 1. The summed E-state index contributed by atoms with van der Waals surface area (Å²) < 4.78 is 5.18. The lowest BCUT2D eigenvalue weighted by Crippen LogP contribution is -2.28. The number of nitrogens with zero attached hydrogens (tertiary/aromatic N) is 2. The van der Waals surface area contributed by atoms with E-state index < -0.39 is 0 Å². The zero-order valence-electron chi connectivity index (χ0n) is 15.6. The number of carbonyl (C=O) groups is 1. The number of hydrogen-bond acceptors (Lipinski definition) is 4. The second kappa shape index (κ2) is 8.70. The van der Waals surface area contributed by atoms with Gasteiger partial charge in [0.15, 0.2) is 0 Å². The van der Waals surface area contributed by atoms with Crippen molar-refractivity contribution >= 4 is 11.7 Å². The molecule has 1 fully saturated rings. The third kappa shape index (κ3) is 4.54. The van der Waals surface area contributed by atoms with Crippen LogP contribution >= 0.6 is 0 Å². The maximum absolute atomic E-state index is 12.7. The number of carbonyl (C=O) groups excluding carboxylic acids is 1. The quantitative estimate of drug-likeness (QED) is 0.884. The third-order valence-corrected chi connectivity index (χ3v) is 4.90. The Labute approximate surface area is 155 Å². The van der Waals surface area contributed by atoms with Crippen LogP contribution in [-0.4, -0.2) is 31.1 Å². The second-order valence-electron chi connectivity index (χ2n) is 6.77. The van der Waals surface area contributed by atoms with Crippen LogP contribution in [0, 0.1) is 0 Å². The van der Waals surface area contributed by atoms with Crippen molar-refractivity contribution in [1.82, 2.24) is 10.3 Å². The first-order valence-electron chi connectivity index (χ1n) is 9.33. The second-order valence-corrected chi connectivity index (χ2v) is 6.77. The van der Waals surface area contributed by atoms with Crippen LogP contribution < -0.4 is 15.0 Å². The SMILES string of the molecule is COc1ccc(C(C)NC(=O)c2ccnc(N3CCCCCC3)c2)cc1. The fraction of sp³-hybridized carbons (Fsp3) is 0.429. The van der Waals surface area contributed by atoms with E-state index >= 15 is 0 Å². The highest BCUT2D eigenvalue weighted by Gasteiger charge is 2.15. The predicted molar refractivity (Wildman–Crippen MR) is 104 cm³/mol. The van der Waals surface area contributed by atoms with E-state index in [0.29, 0.717) is 5.56 Å². The Morgan fingerprint density at radius 2 is 1.81 bits per heavy atom. The molecule has 1 aromatic carbocycles. The fourth-order valence-corrected chi connectivity index (χ4v) is 3.29. The van der Waals surface area contributed by atoms with Crippen LogP contribution in [0.25, 0.3) is 0 Å². The Bertz CT molecular complexity index is 722. The summed E-state index contributed by atoms with van der Waals surface area (Å²) in [6, 6.07) is 11.4. The van der Waals surface area contributed by atoms with E-state index in [1.54, 1.807) is 19.4 Å². The first-order valence-corrected chi connectivity index (χ1v) is 9.33. The summed E-state index contributed by atoms with van der Waals surface area (Å²) in [4.78, 5) is 19.4. The predicted octanol–water partition coefficient (Wildman–Crippen LogP) is 3.96. The zero-order valence-corrected chi connectivity index (χ0v) is 15.6. The van der Waals surface area contributed by atoms with Gasteiger partial charge in [0.05, 0.1) is 13.2 Å². The Hall–Kier alpha value is -2.56. The van der Waals surface area contributed by atoms with Crippen LogP contribution in [0.5, 0.6) is 5.75 Å². The Kier molecular flexibility index (Phi) is 6.10. The molecular weight excluding hydrogens is 326 g/mol. The summed E-state index contributed by atoms with van der Waals surface area (Å²) >= 11 is 0. The molecule has 1 aliphatic heterocycles. The van der Waals surface area contributed by atoms with Crippen molar-refractivity contribution in [3.8, 4) is 5.75 Å². The normalized spacial score (nSPS) is 15.8. The van der Waals surface area contributed by atoms with E-state index in [1.165, 1.54) is 25.7 Å². The van der Waals surface area contributed by atoms with Gasteiger partial charge in [-0.3, -0.25) is 4.79 Å². The lowest BCUT2D eigenvalue weighted by atomic mass is 10.1. The minimum atomic E-state index is -0.0804. The lowest BCUT2D eigenvalue weighted by Gasteiger charge is -2.22. The molecule has 5 nitrogen and oxygen atoms in total. The molecule has 0 radical (unpaired) electrons. The van der Waals surface area contributed by atoms with Crippen LogP contribution in [-0.2, 0) is 0 Å². The van der Waals surface area contributed by atoms with Gasteiger partial charge in [-0.15, -0.1) is 0 Å². The summed E-state index contributed by atoms with van der Waals surface area (Å²) in [6.45, 7) is 4.01. The maximum atomic E-state index is 12.7. The number of ether oxygens (including phenoxy) is 1. The number of benzene rings is 1. The highest BCUT2D eigenvalue weighted by atomic mass is 16.5. The van der Waals surface area contributed by atoms with Gasteiger partial charge in [0, 0.05) is 24.8 Å². The molecule has 26 heavy (non-hydrogen) atoms. The van der Waals surface area contributed by atoms with Crippen molar-refractivity contribution < 1.29 is 9.53 Å². The number of nitrogens with one attached hydrogen (secondary N) is 1. The standard InChI is InChI=1S/C21H27N3O2/c1-16(17-7-9-19(26-2)10-8-17)23-21(25)18-11-12-22-20(15-18)24-13-5-3-4-6-14-24/h7-12,15-16H,3-6,13-14H2,1-2H3,(H,23,25). The van der Waals surface area contributed by atoms with E-state index in [4.69, 9.17) is 4.74 Å². The molecule has 0 saturated carbocycles. The molecule has 0 bridgehead atoms. The van der Waals surface area contributed by atoms with E-state index in [1.807, 2.05) is 37.3 Å². The largest absolute Gasteiger partial charge is 0.497 e. The van der Waals surface area contributed by atoms with Gasteiger partial charge >= 0.3 is 0 Å². The molecule has 0 spiro atoms. The number of hydrogen-bond donors (Lipinski definition) is 1. The van der Waals surface area contributed by atoms with Crippen molar-refractivity contribution in [2.24, 2.45) is 0 Å². The van der Waals surface area contributed by atoms with Crippen molar-refractivity contribution in [2.75, 3.05) is 25.1 Å². The Balaban J connectivity index is 1.67. The maximum Gasteiger partial charge on any atom is 0.251 e. The number of amides is 1. The Morgan fingerprint density at radius 1 is 1.12 bits per heavy atom. The first kappa shape index (κ1) is 18.2. The molecule has 3 rings (SSSR count). The summed E-state index contributed by atoms with van der Waals surface area (Å²) in [5, 5.41) is 3.07. The minimum Gasteiger partial charge on any atom is -0.497 e. The fourth-order valence-electron chi connectivity index (χ4n) is 3.29. The number of aromatic nitrogens is 1. The molecule has 2 heterocycles. The van der Waals surface area contributed by atoms with E-state index in [2.05, 4.69) is 15.2 Å². The van der Waals surface area contributed by atoms with Gasteiger partial charge in [-0.25, -0.2) is 4.98 Å². The van der Waals surface area contributed by atoms with Gasteiger partial charge in [-0.05, 0) is 49.6 Å². The van der Waals surface area contributed by atoms with Gasteiger partial charge < -0.3 is 15.0 Å². The smallest absolute Gasteiger partial charge is 0.251 e. The van der Waals surface area contributed by atoms with Crippen molar-refractivity contribution in [2.45, 2.75) is 38.6 Å². The average Bonchev–Trinajstić information content (AvgIpc) is 2.97. The number of methoxy groups -OCH3 is 1. The van der Waals surface area contributed by atoms with Crippen LogP contribution in [0.1, 0.15) is 54.6 Å². The van der Waals surface area contributed by atoms with Crippen LogP contribution in [0.15, 0.2) is 42.6 Å². The van der Waals surface area contributed by atoms with E-state index in [9.17, 15) is 4.79 Å². The topological polar surface area (TPSA) is 54.5 Å². The van der Waals surface area contributed by atoms with Crippen LogP contribution in [0.2, 0.25) is 0 Å². The van der Waals surface area contributed by atoms with Crippen molar-refractivity contribution in [3.05, 3.63) is 53.7 Å². The summed E-state index contributed by atoms with van der Waals surface area (Å²) in [5.74, 6) is 1.63. The van der Waals surface area contributed by atoms with Crippen LogP contribution in [0.3, 0.4) is 0 Å². The molecule has 1 saturated heterocycles. The van der Waals surface area contributed by atoms with E-state index in [0.717, 1.165) is 30.2 Å². The average molecular weight is 353 g/mol. The van der Waals surface area contributed by atoms with Gasteiger partial charge in [-0.1, -0.05) is 25.0 Å². The molecule has 1 aromatic heterocycles. The van der Waals surface area contributed by atoms with Gasteiger partial charge in [-0.2, -0.15) is 0 Å². The summed E-state index contributed by atoms with van der Waals surface area (Å²) in [5.41, 5.74) is 1.69. The molecule has 5 heteroatoms. The first-order chi connectivity index (χ1) is 12.7. The molecule has 0 aliphatic carbocycles. The van der Waals surface area contributed by atoms with Crippen LogP contribution in [0.4, 0.5) is 5.82 Å². The third-order valence-electron chi connectivity index (χ3n) is 4.90. The van der Waals surface area contributed by atoms with E-state index in [-0.39, 0.29) is 11.9 Å². The molecule has 1 amide bonds. The molecule has 1 atom stereocenters. The molecule has 2 aromatic rings. The summed E-state index contributed by atoms with van der Waals surface area (Å²) in [7, 11) is 1.64. The highest BCUT2D eigenvalue weighted by Crippen LogP contribution is 2.20. The van der Waals surface area contributed by atoms with Gasteiger partial charge in [0.25, 0.3) is 5.91 Å². The van der Waals surface area contributed by atoms with Crippen molar-refractivity contribution in [1.29, 1.82) is 0 Å². The molecular formula is C21H27N3O2. The molecule has 138 valence electrons. The zero-order chi connectivity index (χ0) is 18.4. The van der Waals surface area contributed by atoms with Gasteiger partial charge in [0.2, 0.25) is 0 Å². The molecule has 1 N–H and O–H groups in total. The molecule has 1 unspecified atom stereocenters. The lowest BCUT2D eigenvalue weighted by molar-refractivity contribution is 0.0940. The van der Waals surface area contributed by atoms with Crippen molar-refractivity contribution in [3.63, 3.8) is 0 Å².